The quantitative estimate of drug-likeness (QED) is 0.335. The van der Waals surface area contributed by atoms with Gasteiger partial charge < -0.3 is 19.5 Å². The highest BCUT2D eigenvalue weighted by Crippen LogP contribution is 2.40. The number of hydrogen-bond acceptors (Lipinski definition) is 5. The van der Waals surface area contributed by atoms with E-state index in [9.17, 15) is 9.90 Å². The summed E-state index contributed by atoms with van der Waals surface area (Å²) >= 11 is 6.28. The normalized spacial score (nSPS) is 20.9. The molecule has 2 aromatic carbocycles. The lowest BCUT2D eigenvalue weighted by Gasteiger charge is -2.42. The van der Waals surface area contributed by atoms with Crippen molar-refractivity contribution in [1.82, 2.24) is 0 Å². The van der Waals surface area contributed by atoms with E-state index in [1.807, 2.05) is 36.4 Å². The van der Waals surface area contributed by atoms with Gasteiger partial charge in [-0.15, -0.1) is 0 Å². The highest BCUT2D eigenvalue weighted by atomic mass is 35.5. The first kappa shape index (κ1) is 26.6. The average molecular weight is 512 g/mol. The number of methoxy groups -OCH3 is 1. The molecule has 0 bridgehead atoms. The van der Waals surface area contributed by atoms with Crippen molar-refractivity contribution in [3.63, 3.8) is 0 Å². The van der Waals surface area contributed by atoms with Gasteiger partial charge in [-0.3, -0.25) is 0 Å². The highest BCUT2D eigenvalue weighted by Gasteiger charge is 2.36. The smallest absolute Gasteiger partial charge is 0.337 e. The maximum Gasteiger partial charge on any atom is 0.337 e. The van der Waals surface area contributed by atoms with Crippen LogP contribution in [0.4, 0.5) is 5.69 Å². The second-order valence-corrected chi connectivity index (χ2v) is 10.4. The van der Waals surface area contributed by atoms with Crippen LogP contribution in [0.2, 0.25) is 5.02 Å². The summed E-state index contributed by atoms with van der Waals surface area (Å²) in [4.78, 5) is 14.7. The van der Waals surface area contributed by atoms with Gasteiger partial charge in [-0.2, -0.15) is 0 Å². The van der Waals surface area contributed by atoms with E-state index < -0.39 is 6.10 Å². The van der Waals surface area contributed by atoms with Crippen LogP contribution in [-0.4, -0.2) is 37.4 Å². The minimum absolute atomic E-state index is 0.260. The lowest BCUT2D eigenvalue weighted by molar-refractivity contribution is 0.0461. The number of halogens is 1. The summed E-state index contributed by atoms with van der Waals surface area (Å²) in [6.45, 7) is 4.26. The lowest BCUT2D eigenvalue weighted by atomic mass is 9.70. The molecule has 6 heteroatoms. The van der Waals surface area contributed by atoms with E-state index in [0.717, 1.165) is 80.1 Å². The number of ether oxygens (including phenoxy) is 2. The summed E-state index contributed by atoms with van der Waals surface area (Å²) in [6, 6.07) is 11.5. The Labute approximate surface area is 220 Å². The van der Waals surface area contributed by atoms with E-state index in [0.29, 0.717) is 18.1 Å². The average Bonchev–Trinajstić information content (AvgIpc) is 2.89. The van der Waals surface area contributed by atoms with Gasteiger partial charge >= 0.3 is 5.97 Å². The van der Waals surface area contributed by atoms with Gasteiger partial charge in [0.05, 0.1) is 24.5 Å². The van der Waals surface area contributed by atoms with Crippen molar-refractivity contribution in [1.29, 1.82) is 0 Å². The van der Waals surface area contributed by atoms with E-state index in [1.54, 1.807) is 6.07 Å². The molecule has 4 rings (SSSR count). The van der Waals surface area contributed by atoms with E-state index >= 15 is 0 Å². The number of anilines is 1. The Morgan fingerprint density at radius 1 is 1.22 bits per heavy atom. The molecule has 5 nitrogen and oxygen atoms in total. The minimum atomic E-state index is -0.407. The van der Waals surface area contributed by atoms with Crippen LogP contribution in [0.5, 0.6) is 5.75 Å². The number of unbranched alkanes of at least 4 members (excludes halogenated alkanes) is 1. The molecule has 0 radical (unpaired) electrons. The number of aryl methyl sites for hydroxylation is 1. The zero-order valence-corrected chi connectivity index (χ0v) is 22.2. The van der Waals surface area contributed by atoms with Gasteiger partial charge in [-0.25, -0.2) is 4.79 Å². The highest BCUT2D eigenvalue weighted by molar-refractivity contribution is 6.30. The van der Waals surface area contributed by atoms with Crippen LogP contribution in [0.25, 0.3) is 0 Å². The predicted octanol–water partition coefficient (Wildman–Crippen LogP) is 6.59. The number of carbonyl (C=O) groups is 1. The van der Waals surface area contributed by atoms with Crippen LogP contribution in [-0.2, 0) is 17.8 Å². The third kappa shape index (κ3) is 6.43. The van der Waals surface area contributed by atoms with Crippen molar-refractivity contribution in [3.05, 3.63) is 70.3 Å². The number of nitrogens with zero attached hydrogens (tertiary/aromatic N) is 1. The van der Waals surface area contributed by atoms with Crippen molar-refractivity contribution in [2.24, 2.45) is 11.8 Å². The molecule has 0 saturated heterocycles. The van der Waals surface area contributed by atoms with E-state index in [1.165, 1.54) is 12.7 Å². The van der Waals surface area contributed by atoms with Crippen molar-refractivity contribution in [2.75, 3.05) is 25.1 Å². The number of rotatable bonds is 7. The minimum Gasteiger partial charge on any atom is -0.487 e. The zero-order chi connectivity index (χ0) is 25.5. The predicted molar refractivity (Wildman–Crippen MR) is 145 cm³/mol. The molecule has 1 heterocycles. The van der Waals surface area contributed by atoms with Gasteiger partial charge in [-0.05, 0) is 91.8 Å². The maximum absolute atomic E-state index is 12.4. The number of aliphatic hydroxyl groups excluding tert-OH is 1. The number of esters is 1. The third-order valence-corrected chi connectivity index (χ3v) is 7.79. The molecule has 1 fully saturated rings. The molecule has 36 heavy (non-hydrogen) atoms. The molecule has 0 unspecified atom stereocenters. The van der Waals surface area contributed by atoms with Crippen LogP contribution in [0.1, 0.15) is 66.9 Å². The van der Waals surface area contributed by atoms with Crippen molar-refractivity contribution in [3.8, 4) is 5.75 Å². The van der Waals surface area contributed by atoms with Crippen molar-refractivity contribution in [2.45, 2.75) is 64.6 Å². The van der Waals surface area contributed by atoms with E-state index in [4.69, 9.17) is 21.1 Å². The Morgan fingerprint density at radius 2 is 2.08 bits per heavy atom. The Bertz CT molecular complexity index is 1070. The van der Waals surface area contributed by atoms with Gasteiger partial charge in [0, 0.05) is 18.1 Å². The van der Waals surface area contributed by atoms with Crippen LogP contribution >= 0.6 is 11.6 Å². The standard InChI is InChI=1S/C30H38ClNO4/c1-3-4-5-9-28(33)26-14-11-23(26)19-32-16-7-6-8-21-17-25(31)13-10-24(21)20-36-29-15-12-22(18-27(29)32)30(34)35-2/h5,9-10,12-13,15,17-18,23,26,28,33H,3-4,6-8,11,14,16,19-20H2,1-2H3/b9-5+/t23-,26+,28-/m0/s1. The number of fused-ring (bicyclic) bond motifs is 2. The lowest BCUT2D eigenvalue weighted by Crippen LogP contribution is -2.43. The Kier molecular flexibility index (Phi) is 9.33. The van der Waals surface area contributed by atoms with E-state index in [2.05, 4.69) is 17.9 Å². The fourth-order valence-electron chi connectivity index (χ4n) is 5.28. The van der Waals surface area contributed by atoms with Crippen LogP contribution < -0.4 is 9.64 Å². The SMILES string of the molecule is CCC/C=C/[C@H](O)[C@@H]1CC[C@H]1CN1CCCCc2cc(Cl)ccc2COc2ccc(C(=O)OC)cc21. The fourth-order valence-corrected chi connectivity index (χ4v) is 5.48. The molecule has 0 aromatic heterocycles. The van der Waals surface area contributed by atoms with Gasteiger partial charge in [-0.1, -0.05) is 43.2 Å². The molecule has 1 N–H and O–H groups in total. The first-order valence-electron chi connectivity index (χ1n) is 13.2. The summed E-state index contributed by atoms with van der Waals surface area (Å²) < 4.78 is 11.4. The van der Waals surface area contributed by atoms with Crippen molar-refractivity contribution >= 4 is 23.3 Å². The number of allylic oxidation sites excluding steroid dienone is 1. The first-order chi connectivity index (χ1) is 17.5. The second-order valence-electron chi connectivity index (χ2n) is 9.99. The Hall–Kier alpha value is -2.50. The van der Waals surface area contributed by atoms with Gasteiger partial charge in [0.15, 0.2) is 0 Å². The van der Waals surface area contributed by atoms with Crippen LogP contribution in [0.15, 0.2) is 48.6 Å². The molecule has 2 aromatic rings. The molecule has 3 atom stereocenters. The molecule has 1 aliphatic heterocycles. The molecule has 1 aliphatic carbocycles. The topological polar surface area (TPSA) is 59.0 Å². The first-order valence-corrected chi connectivity index (χ1v) is 13.6. The second kappa shape index (κ2) is 12.6. The number of hydrogen-bond donors (Lipinski definition) is 1. The summed E-state index contributed by atoms with van der Waals surface area (Å²) in [7, 11) is 1.40. The largest absolute Gasteiger partial charge is 0.487 e. The maximum atomic E-state index is 12.4. The summed E-state index contributed by atoms with van der Waals surface area (Å²) in [5, 5.41) is 11.5. The molecule has 1 saturated carbocycles. The van der Waals surface area contributed by atoms with Crippen LogP contribution in [0, 0.1) is 11.8 Å². The van der Waals surface area contributed by atoms with Gasteiger partial charge in [0.1, 0.15) is 12.4 Å². The molecule has 194 valence electrons. The Morgan fingerprint density at radius 3 is 2.83 bits per heavy atom. The van der Waals surface area contributed by atoms with Gasteiger partial charge in [0.25, 0.3) is 0 Å². The Balaban J connectivity index is 1.60. The molecule has 2 aliphatic rings. The monoisotopic (exact) mass is 511 g/mol. The number of aliphatic hydroxyl groups is 1. The molecule has 0 spiro atoms. The fraction of sp³-hybridized carbons (Fsp3) is 0.500. The summed E-state index contributed by atoms with van der Waals surface area (Å²) in [6.07, 6.45) is 10.9. The summed E-state index contributed by atoms with van der Waals surface area (Å²) in [5.41, 5.74) is 3.79. The van der Waals surface area contributed by atoms with E-state index in [-0.39, 0.29) is 11.9 Å². The number of benzene rings is 2. The molecule has 0 amide bonds. The zero-order valence-electron chi connectivity index (χ0n) is 21.4. The number of carbonyl (C=O) groups excluding carboxylic acids is 1. The third-order valence-electron chi connectivity index (χ3n) is 7.55. The molecular formula is C30H38ClNO4. The summed E-state index contributed by atoms with van der Waals surface area (Å²) in [5.74, 6) is 1.05. The van der Waals surface area contributed by atoms with Crippen molar-refractivity contribution < 1.29 is 19.4 Å². The molecular weight excluding hydrogens is 474 g/mol. The van der Waals surface area contributed by atoms with Crippen LogP contribution in [0.3, 0.4) is 0 Å². The van der Waals surface area contributed by atoms with Gasteiger partial charge in [0.2, 0.25) is 0 Å².